The number of hydrogen-bond acceptors (Lipinski definition) is 1. The molecule has 2 saturated carbocycles. The molecule has 2 aliphatic rings. The number of fused-ring (bicyclic) bond motifs is 2. The van der Waals surface area contributed by atoms with Gasteiger partial charge >= 0.3 is 0 Å². The van der Waals surface area contributed by atoms with Gasteiger partial charge < -0.3 is 5.73 Å². The summed E-state index contributed by atoms with van der Waals surface area (Å²) in [4.78, 5) is 0. The highest BCUT2D eigenvalue weighted by Gasteiger charge is 2.40. The zero-order chi connectivity index (χ0) is 13.6. The molecule has 0 saturated heterocycles. The molecule has 0 heterocycles. The summed E-state index contributed by atoms with van der Waals surface area (Å²) in [5.74, 6) is 1.31. The van der Waals surface area contributed by atoms with E-state index in [-0.39, 0.29) is 6.04 Å². The third-order valence-corrected chi connectivity index (χ3v) is 5.12. The lowest BCUT2D eigenvalue weighted by Gasteiger charge is -2.25. The van der Waals surface area contributed by atoms with E-state index in [1.165, 1.54) is 25.7 Å². The zero-order valence-corrected chi connectivity index (χ0v) is 11.3. The molecule has 0 aliphatic heterocycles. The summed E-state index contributed by atoms with van der Waals surface area (Å²) >= 11 is 0. The fourth-order valence-electron chi connectivity index (χ4n) is 4.08. The van der Waals surface area contributed by atoms with Crippen LogP contribution in [0.1, 0.15) is 49.3 Å². The van der Waals surface area contributed by atoms with E-state index in [0.717, 1.165) is 24.3 Å². The van der Waals surface area contributed by atoms with Crippen LogP contribution in [0.25, 0.3) is 0 Å². The molecule has 0 aromatic heterocycles. The highest BCUT2D eigenvalue weighted by atomic mass is 19.1. The second-order valence-corrected chi connectivity index (χ2v) is 6.40. The van der Waals surface area contributed by atoms with Crippen LogP contribution in [-0.4, -0.2) is 0 Å². The molecule has 4 unspecified atom stereocenters. The first-order valence-electron chi connectivity index (χ1n) is 7.25. The zero-order valence-electron chi connectivity index (χ0n) is 11.3. The van der Waals surface area contributed by atoms with Gasteiger partial charge in [-0.05, 0) is 62.0 Å². The number of nitrogens with two attached hydrogens (primary N) is 1. The van der Waals surface area contributed by atoms with Gasteiger partial charge in [0.2, 0.25) is 0 Å². The number of rotatable bonds is 3. The quantitative estimate of drug-likeness (QED) is 0.875. The molecule has 19 heavy (non-hydrogen) atoms. The van der Waals surface area contributed by atoms with Crippen molar-refractivity contribution in [2.75, 3.05) is 0 Å². The summed E-state index contributed by atoms with van der Waals surface area (Å²) in [5, 5.41) is 0. The minimum absolute atomic E-state index is 0.302. The highest BCUT2D eigenvalue weighted by molar-refractivity contribution is 5.28. The lowest BCUT2D eigenvalue weighted by Crippen LogP contribution is -2.20. The molecule has 3 rings (SSSR count). The Hall–Kier alpha value is -0.960. The van der Waals surface area contributed by atoms with Gasteiger partial charge in [-0.2, -0.15) is 0 Å². The molecule has 2 N–H and O–H groups in total. The molecule has 0 radical (unpaired) electrons. The Morgan fingerprint density at radius 1 is 1.21 bits per heavy atom. The predicted octanol–water partition coefficient (Wildman–Crippen LogP) is 4.10. The van der Waals surface area contributed by atoms with Crippen molar-refractivity contribution in [2.24, 2.45) is 23.5 Å². The van der Waals surface area contributed by atoms with Crippen LogP contribution in [0, 0.1) is 36.3 Å². The van der Waals surface area contributed by atoms with Crippen LogP contribution in [0.2, 0.25) is 0 Å². The van der Waals surface area contributed by atoms with Gasteiger partial charge in [-0.1, -0.05) is 6.42 Å². The molecular weight excluding hydrogens is 244 g/mol. The molecule has 2 aliphatic carbocycles. The van der Waals surface area contributed by atoms with Gasteiger partial charge in [-0.15, -0.1) is 0 Å². The van der Waals surface area contributed by atoms with Gasteiger partial charge in [-0.3, -0.25) is 0 Å². The SMILES string of the molecule is Cc1cc(C(N)CC2CC3CCC2C3)c(F)cc1F. The summed E-state index contributed by atoms with van der Waals surface area (Å²) < 4.78 is 27.1. The molecule has 2 fully saturated rings. The van der Waals surface area contributed by atoms with Crippen molar-refractivity contribution in [3.05, 3.63) is 34.9 Å². The van der Waals surface area contributed by atoms with Crippen LogP contribution < -0.4 is 5.73 Å². The van der Waals surface area contributed by atoms with Gasteiger partial charge in [0.1, 0.15) is 11.6 Å². The largest absolute Gasteiger partial charge is 0.324 e. The van der Waals surface area contributed by atoms with Gasteiger partial charge in [0, 0.05) is 17.7 Å². The third-order valence-electron chi connectivity index (χ3n) is 5.12. The highest BCUT2D eigenvalue weighted by Crippen LogP contribution is 2.50. The maximum Gasteiger partial charge on any atom is 0.130 e. The maximum atomic E-state index is 13.8. The Bertz CT molecular complexity index is 486. The Morgan fingerprint density at radius 3 is 2.63 bits per heavy atom. The number of aryl methyl sites for hydroxylation is 1. The van der Waals surface area contributed by atoms with Crippen LogP contribution in [0.3, 0.4) is 0 Å². The van der Waals surface area contributed by atoms with Crippen molar-refractivity contribution in [1.29, 1.82) is 0 Å². The first kappa shape index (κ1) is 13.0. The maximum absolute atomic E-state index is 13.8. The molecule has 0 amide bonds. The van der Waals surface area contributed by atoms with E-state index in [4.69, 9.17) is 5.73 Å². The fraction of sp³-hybridized carbons (Fsp3) is 0.625. The minimum atomic E-state index is -0.501. The van der Waals surface area contributed by atoms with E-state index in [1.54, 1.807) is 13.0 Å². The Labute approximate surface area is 113 Å². The van der Waals surface area contributed by atoms with Gasteiger partial charge in [-0.25, -0.2) is 8.78 Å². The molecule has 1 aromatic rings. The fourth-order valence-corrected chi connectivity index (χ4v) is 4.08. The summed E-state index contributed by atoms with van der Waals surface area (Å²) in [6.07, 6.45) is 6.10. The average Bonchev–Trinajstić information content (AvgIpc) is 2.95. The molecule has 4 atom stereocenters. The van der Waals surface area contributed by atoms with Crippen LogP contribution in [0.5, 0.6) is 0 Å². The Kier molecular flexibility index (Phi) is 3.34. The van der Waals surface area contributed by atoms with Crippen molar-refractivity contribution >= 4 is 0 Å². The van der Waals surface area contributed by atoms with E-state index >= 15 is 0 Å². The van der Waals surface area contributed by atoms with Crippen LogP contribution in [-0.2, 0) is 0 Å². The second kappa shape index (κ2) is 4.86. The number of benzene rings is 1. The Balaban J connectivity index is 1.73. The third kappa shape index (κ3) is 2.40. The van der Waals surface area contributed by atoms with Crippen LogP contribution >= 0.6 is 0 Å². The van der Waals surface area contributed by atoms with E-state index in [1.807, 2.05) is 0 Å². The van der Waals surface area contributed by atoms with Gasteiger partial charge in [0.05, 0.1) is 0 Å². The smallest absolute Gasteiger partial charge is 0.130 e. The van der Waals surface area contributed by atoms with E-state index < -0.39 is 11.6 Å². The van der Waals surface area contributed by atoms with E-state index in [0.29, 0.717) is 17.0 Å². The van der Waals surface area contributed by atoms with Gasteiger partial charge in [0.25, 0.3) is 0 Å². The monoisotopic (exact) mass is 265 g/mol. The van der Waals surface area contributed by atoms with Crippen molar-refractivity contribution in [1.82, 2.24) is 0 Å². The summed E-state index contributed by atoms with van der Waals surface area (Å²) in [6, 6.07) is 2.23. The lowest BCUT2D eigenvalue weighted by atomic mass is 9.83. The Morgan fingerprint density at radius 2 is 2.00 bits per heavy atom. The molecule has 1 nitrogen and oxygen atoms in total. The van der Waals surface area contributed by atoms with Crippen molar-refractivity contribution in [2.45, 2.75) is 45.1 Å². The van der Waals surface area contributed by atoms with Crippen molar-refractivity contribution in [3.63, 3.8) is 0 Å². The van der Waals surface area contributed by atoms with E-state index in [2.05, 4.69) is 0 Å². The molecular formula is C16H21F2N. The lowest BCUT2D eigenvalue weighted by molar-refractivity contribution is 0.294. The number of hydrogen-bond donors (Lipinski definition) is 1. The normalized spacial score (nSPS) is 30.8. The molecule has 104 valence electrons. The summed E-state index contributed by atoms with van der Waals surface area (Å²) in [7, 11) is 0. The predicted molar refractivity (Wildman–Crippen MR) is 71.6 cm³/mol. The summed E-state index contributed by atoms with van der Waals surface area (Å²) in [6.45, 7) is 1.66. The minimum Gasteiger partial charge on any atom is -0.324 e. The molecule has 0 spiro atoms. The second-order valence-electron chi connectivity index (χ2n) is 6.40. The van der Waals surface area contributed by atoms with Gasteiger partial charge in [0.15, 0.2) is 0 Å². The first-order valence-corrected chi connectivity index (χ1v) is 7.25. The van der Waals surface area contributed by atoms with Crippen LogP contribution in [0.15, 0.2) is 12.1 Å². The molecule has 2 bridgehead atoms. The van der Waals surface area contributed by atoms with Crippen LogP contribution in [0.4, 0.5) is 8.78 Å². The molecule has 3 heteroatoms. The van der Waals surface area contributed by atoms with E-state index in [9.17, 15) is 8.78 Å². The topological polar surface area (TPSA) is 26.0 Å². The molecule has 1 aromatic carbocycles. The number of halogens is 2. The standard InChI is InChI=1S/C16H21F2N/c1-9-4-13(15(18)8-14(9)17)16(19)7-12-6-10-2-3-11(12)5-10/h4,8,10-12,16H,2-3,5-7,19H2,1H3. The summed E-state index contributed by atoms with van der Waals surface area (Å²) in [5.41, 5.74) is 7.11. The van der Waals surface area contributed by atoms with Crippen molar-refractivity contribution in [3.8, 4) is 0 Å². The first-order chi connectivity index (χ1) is 9.04. The average molecular weight is 265 g/mol. The van der Waals surface area contributed by atoms with Crippen molar-refractivity contribution < 1.29 is 8.78 Å².